The highest BCUT2D eigenvalue weighted by Crippen LogP contribution is 2.01. The van der Waals surface area contributed by atoms with Crippen molar-refractivity contribution in [2.24, 2.45) is 0 Å². The molecule has 2 nitrogen and oxygen atoms in total. The van der Waals surface area contributed by atoms with Crippen LogP contribution in [0.3, 0.4) is 0 Å². The average Bonchev–Trinajstić information content (AvgIpc) is 2.14. The van der Waals surface area contributed by atoms with Crippen LogP contribution < -0.4 is 0 Å². The summed E-state index contributed by atoms with van der Waals surface area (Å²) in [7, 11) is 3.88. The normalized spacial score (nSPS) is 11.1. The molecular weight excluding hydrogens is 186 g/mol. The Balaban J connectivity index is 3.03. The van der Waals surface area contributed by atoms with Crippen LogP contribution in [0.25, 0.3) is 0 Å². The van der Waals surface area contributed by atoms with Crippen molar-refractivity contribution in [2.75, 3.05) is 39.7 Å². The minimum Gasteiger partial charge on any atom is -0.383 e. The molecule has 80 valence electrons. The van der Waals surface area contributed by atoms with E-state index in [0.29, 0.717) is 0 Å². The summed E-state index contributed by atoms with van der Waals surface area (Å²) >= 11 is 5.58. The van der Waals surface area contributed by atoms with Crippen LogP contribution in [0.15, 0.2) is 0 Å². The monoisotopic (exact) mass is 207 g/mol. The minimum atomic E-state index is 0.805. The van der Waals surface area contributed by atoms with Gasteiger partial charge in [0.15, 0.2) is 0 Å². The van der Waals surface area contributed by atoms with Gasteiger partial charge in [-0.05, 0) is 26.4 Å². The van der Waals surface area contributed by atoms with E-state index in [-0.39, 0.29) is 0 Å². The van der Waals surface area contributed by atoms with Crippen molar-refractivity contribution in [3.63, 3.8) is 0 Å². The molecule has 13 heavy (non-hydrogen) atoms. The van der Waals surface area contributed by atoms with Crippen LogP contribution in [0.2, 0.25) is 0 Å². The molecule has 0 N–H and O–H groups in total. The van der Waals surface area contributed by atoms with Gasteiger partial charge in [0.05, 0.1) is 6.61 Å². The zero-order valence-electron chi connectivity index (χ0n) is 8.89. The third-order valence-electron chi connectivity index (χ3n) is 2.10. The molecule has 0 aromatic rings. The lowest BCUT2D eigenvalue weighted by atomic mass is 10.2. The van der Waals surface area contributed by atoms with E-state index in [1.165, 1.54) is 25.8 Å². The Morgan fingerprint density at radius 2 is 1.77 bits per heavy atom. The van der Waals surface area contributed by atoms with E-state index < -0.39 is 0 Å². The smallest absolute Gasteiger partial charge is 0.0589 e. The lowest BCUT2D eigenvalue weighted by Gasteiger charge is -2.15. The molecule has 0 amide bonds. The first-order chi connectivity index (χ1) is 6.31. The molecule has 0 radical (unpaired) electrons. The van der Waals surface area contributed by atoms with Gasteiger partial charge in [0.25, 0.3) is 0 Å². The average molecular weight is 208 g/mol. The molecule has 0 aliphatic heterocycles. The number of halogens is 1. The molecule has 0 bridgehead atoms. The lowest BCUT2D eigenvalue weighted by molar-refractivity contribution is 0.160. The molecule has 0 spiro atoms. The van der Waals surface area contributed by atoms with Crippen LogP contribution >= 0.6 is 11.6 Å². The van der Waals surface area contributed by atoms with Crippen LogP contribution in [-0.4, -0.2) is 44.6 Å². The van der Waals surface area contributed by atoms with Crippen molar-refractivity contribution < 1.29 is 4.74 Å². The SMILES string of the molecule is COCCN(C)CCCCCCCl. The molecule has 0 saturated heterocycles. The van der Waals surface area contributed by atoms with Gasteiger partial charge in [0.1, 0.15) is 0 Å². The number of nitrogens with zero attached hydrogens (tertiary/aromatic N) is 1. The molecule has 0 fully saturated rings. The Labute approximate surface area is 87.2 Å². The van der Waals surface area contributed by atoms with Gasteiger partial charge >= 0.3 is 0 Å². The zero-order chi connectivity index (χ0) is 9.94. The van der Waals surface area contributed by atoms with Gasteiger partial charge in [-0.2, -0.15) is 0 Å². The van der Waals surface area contributed by atoms with Crippen molar-refractivity contribution >= 4 is 11.6 Å². The van der Waals surface area contributed by atoms with E-state index >= 15 is 0 Å². The molecule has 0 aromatic heterocycles. The van der Waals surface area contributed by atoms with E-state index in [2.05, 4.69) is 11.9 Å². The van der Waals surface area contributed by atoms with Crippen molar-refractivity contribution in [3.05, 3.63) is 0 Å². The van der Waals surface area contributed by atoms with Gasteiger partial charge in [-0.15, -0.1) is 11.6 Å². The molecule has 0 aromatic carbocycles. The maximum atomic E-state index is 5.58. The second-order valence-corrected chi connectivity index (χ2v) is 3.78. The van der Waals surface area contributed by atoms with E-state index in [1.807, 2.05) is 0 Å². The number of hydrogen-bond acceptors (Lipinski definition) is 2. The number of hydrogen-bond donors (Lipinski definition) is 0. The topological polar surface area (TPSA) is 12.5 Å². The van der Waals surface area contributed by atoms with Crippen molar-refractivity contribution in [1.82, 2.24) is 4.90 Å². The molecule has 0 aliphatic carbocycles. The summed E-state index contributed by atoms with van der Waals surface area (Å²) in [5.74, 6) is 0.805. The molecule has 0 heterocycles. The predicted octanol–water partition coefficient (Wildman–Crippen LogP) is 2.36. The lowest BCUT2D eigenvalue weighted by Crippen LogP contribution is -2.23. The Kier molecular flexibility index (Phi) is 10.5. The van der Waals surface area contributed by atoms with Gasteiger partial charge in [-0.25, -0.2) is 0 Å². The number of unbranched alkanes of at least 4 members (excludes halogenated alkanes) is 3. The Morgan fingerprint density at radius 1 is 1.08 bits per heavy atom. The second-order valence-electron chi connectivity index (χ2n) is 3.40. The molecule has 0 rings (SSSR count). The Bertz CT molecular complexity index is 101. The fourth-order valence-electron chi connectivity index (χ4n) is 1.19. The maximum Gasteiger partial charge on any atom is 0.0589 e. The first kappa shape index (κ1) is 13.2. The number of rotatable bonds is 9. The summed E-state index contributed by atoms with van der Waals surface area (Å²) in [6, 6.07) is 0. The van der Waals surface area contributed by atoms with E-state index in [1.54, 1.807) is 7.11 Å². The zero-order valence-corrected chi connectivity index (χ0v) is 9.65. The molecule has 0 saturated carbocycles. The fraction of sp³-hybridized carbons (Fsp3) is 1.00. The van der Waals surface area contributed by atoms with Crippen LogP contribution in [0.1, 0.15) is 25.7 Å². The maximum absolute atomic E-state index is 5.58. The van der Waals surface area contributed by atoms with Gasteiger partial charge in [-0.3, -0.25) is 0 Å². The summed E-state index contributed by atoms with van der Waals surface area (Å²) in [5.41, 5.74) is 0. The molecule has 0 atom stereocenters. The summed E-state index contributed by atoms with van der Waals surface area (Å²) in [6.07, 6.45) is 4.99. The third kappa shape index (κ3) is 10.1. The Hall–Kier alpha value is 0.210. The summed E-state index contributed by atoms with van der Waals surface area (Å²) in [6.45, 7) is 3.04. The first-order valence-corrected chi connectivity index (χ1v) is 5.58. The number of methoxy groups -OCH3 is 1. The molecule has 3 heteroatoms. The van der Waals surface area contributed by atoms with Gasteiger partial charge in [0, 0.05) is 19.5 Å². The van der Waals surface area contributed by atoms with Gasteiger partial charge in [-0.1, -0.05) is 12.8 Å². The first-order valence-electron chi connectivity index (χ1n) is 5.04. The number of likely N-dealkylation sites (N-methyl/N-ethyl adjacent to an activating group) is 1. The fourth-order valence-corrected chi connectivity index (χ4v) is 1.38. The highest BCUT2D eigenvalue weighted by molar-refractivity contribution is 6.17. The summed E-state index contributed by atoms with van der Waals surface area (Å²) in [5, 5.41) is 0. The van der Waals surface area contributed by atoms with Crippen molar-refractivity contribution in [3.8, 4) is 0 Å². The summed E-state index contributed by atoms with van der Waals surface area (Å²) in [4.78, 5) is 2.31. The van der Waals surface area contributed by atoms with Crippen LogP contribution in [0.4, 0.5) is 0 Å². The minimum absolute atomic E-state index is 0.805. The van der Waals surface area contributed by atoms with Crippen molar-refractivity contribution in [1.29, 1.82) is 0 Å². The predicted molar refractivity (Wildman–Crippen MR) is 58.6 cm³/mol. The van der Waals surface area contributed by atoms with Crippen LogP contribution in [0, 0.1) is 0 Å². The largest absolute Gasteiger partial charge is 0.383 e. The number of ether oxygens (including phenoxy) is 1. The van der Waals surface area contributed by atoms with Gasteiger partial charge < -0.3 is 9.64 Å². The van der Waals surface area contributed by atoms with E-state index in [4.69, 9.17) is 16.3 Å². The standard InChI is InChI=1S/C10H22ClNO/c1-12(9-10-13-2)8-6-4-3-5-7-11/h3-10H2,1-2H3. The van der Waals surface area contributed by atoms with E-state index in [0.717, 1.165) is 25.5 Å². The summed E-state index contributed by atoms with van der Waals surface area (Å²) < 4.78 is 5.00. The van der Waals surface area contributed by atoms with Crippen molar-refractivity contribution in [2.45, 2.75) is 25.7 Å². The van der Waals surface area contributed by atoms with Crippen LogP contribution in [-0.2, 0) is 4.74 Å². The highest BCUT2D eigenvalue weighted by Gasteiger charge is 1.96. The number of alkyl halides is 1. The highest BCUT2D eigenvalue weighted by atomic mass is 35.5. The second kappa shape index (κ2) is 10.3. The molecule has 0 aliphatic rings. The third-order valence-corrected chi connectivity index (χ3v) is 2.37. The quantitative estimate of drug-likeness (QED) is 0.425. The Morgan fingerprint density at radius 3 is 2.38 bits per heavy atom. The molecule has 0 unspecified atom stereocenters. The van der Waals surface area contributed by atoms with Gasteiger partial charge in [0.2, 0.25) is 0 Å². The molecular formula is C10H22ClNO. The van der Waals surface area contributed by atoms with E-state index in [9.17, 15) is 0 Å². The van der Waals surface area contributed by atoms with Crippen LogP contribution in [0.5, 0.6) is 0 Å².